The predicted molar refractivity (Wildman–Crippen MR) is 80.6 cm³/mol. The molecule has 1 aliphatic carbocycles. The molecule has 0 aliphatic heterocycles. The van der Waals surface area contributed by atoms with Gasteiger partial charge in [0, 0.05) is 18.2 Å². The molecule has 118 valence electrons. The quantitative estimate of drug-likeness (QED) is 0.877. The lowest BCUT2D eigenvalue weighted by Gasteiger charge is -2.28. The van der Waals surface area contributed by atoms with Crippen LogP contribution < -0.4 is 10.5 Å². The highest BCUT2D eigenvalue weighted by Crippen LogP contribution is 2.27. The molecule has 0 aromatic heterocycles. The third-order valence-electron chi connectivity index (χ3n) is 4.23. The highest BCUT2D eigenvalue weighted by Gasteiger charge is 2.26. The SMILES string of the molecule is CCC1CCCC(NS(=O)(=O)c2ccc(F)c(CN)c2)C1. The van der Waals surface area contributed by atoms with Crippen LogP contribution in [0, 0.1) is 11.7 Å². The standard InChI is InChI=1S/C15H23FN2O2S/c1-2-11-4-3-5-13(8-11)18-21(19,20)14-6-7-15(16)12(9-14)10-17/h6-7,9,11,13,18H,2-5,8,10,17H2,1H3. The second-order valence-corrected chi connectivity index (χ2v) is 7.43. The Morgan fingerprint density at radius 2 is 2.14 bits per heavy atom. The van der Waals surface area contributed by atoms with E-state index in [4.69, 9.17) is 5.73 Å². The Bertz CT molecular complexity index is 589. The maximum Gasteiger partial charge on any atom is 0.240 e. The highest BCUT2D eigenvalue weighted by molar-refractivity contribution is 7.89. The zero-order chi connectivity index (χ0) is 15.5. The Labute approximate surface area is 126 Å². The van der Waals surface area contributed by atoms with Crippen molar-refractivity contribution in [3.05, 3.63) is 29.6 Å². The average molecular weight is 314 g/mol. The van der Waals surface area contributed by atoms with Gasteiger partial charge in [-0.15, -0.1) is 0 Å². The zero-order valence-electron chi connectivity index (χ0n) is 12.3. The van der Waals surface area contributed by atoms with Gasteiger partial charge in [0.1, 0.15) is 5.82 Å². The van der Waals surface area contributed by atoms with Gasteiger partial charge in [0.05, 0.1) is 4.90 Å². The molecule has 4 nitrogen and oxygen atoms in total. The molecular formula is C15H23FN2O2S. The van der Waals surface area contributed by atoms with Gasteiger partial charge in [-0.05, 0) is 37.0 Å². The van der Waals surface area contributed by atoms with E-state index in [2.05, 4.69) is 11.6 Å². The second kappa shape index (κ2) is 6.85. The molecule has 1 aromatic rings. The van der Waals surface area contributed by atoms with Crippen molar-refractivity contribution in [2.45, 2.75) is 56.5 Å². The number of rotatable bonds is 5. The first-order valence-electron chi connectivity index (χ1n) is 7.47. The Hall–Kier alpha value is -0.980. The molecule has 2 atom stereocenters. The fourth-order valence-corrected chi connectivity index (χ4v) is 4.26. The number of hydrogen-bond donors (Lipinski definition) is 2. The van der Waals surface area contributed by atoms with Crippen molar-refractivity contribution < 1.29 is 12.8 Å². The van der Waals surface area contributed by atoms with Crippen LogP contribution in [0.1, 0.15) is 44.6 Å². The Kier molecular flexibility index (Phi) is 5.35. The van der Waals surface area contributed by atoms with E-state index in [-0.39, 0.29) is 23.0 Å². The molecule has 3 N–H and O–H groups in total. The molecule has 2 unspecified atom stereocenters. The minimum absolute atomic E-state index is 0.0173. The van der Waals surface area contributed by atoms with Gasteiger partial charge in [0.2, 0.25) is 10.0 Å². The van der Waals surface area contributed by atoms with Gasteiger partial charge in [-0.1, -0.05) is 26.2 Å². The van der Waals surface area contributed by atoms with E-state index in [9.17, 15) is 12.8 Å². The fourth-order valence-electron chi connectivity index (χ4n) is 2.93. The van der Waals surface area contributed by atoms with Crippen LogP contribution in [-0.2, 0) is 16.6 Å². The van der Waals surface area contributed by atoms with Gasteiger partial charge >= 0.3 is 0 Å². The first kappa shape index (κ1) is 16.4. The first-order chi connectivity index (χ1) is 9.96. The van der Waals surface area contributed by atoms with E-state index in [0.717, 1.165) is 31.7 Å². The summed E-state index contributed by atoms with van der Waals surface area (Å²) in [6.07, 6.45) is 5.03. The molecule has 6 heteroatoms. The van der Waals surface area contributed by atoms with Crippen LogP contribution in [0.5, 0.6) is 0 Å². The normalized spacial score (nSPS) is 23.2. The number of benzene rings is 1. The number of halogens is 1. The van der Waals surface area contributed by atoms with Crippen molar-refractivity contribution >= 4 is 10.0 Å². The third-order valence-corrected chi connectivity index (χ3v) is 5.75. The van der Waals surface area contributed by atoms with Crippen LogP contribution in [-0.4, -0.2) is 14.5 Å². The molecule has 1 saturated carbocycles. The second-order valence-electron chi connectivity index (χ2n) is 5.72. The van der Waals surface area contributed by atoms with E-state index in [0.29, 0.717) is 5.92 Å². The molecule has 1 aliphatic rings. The lowest BCUT2D eigenvalue weighted by molar-refractivity contribution is 0.301. The molecule has 2 rings (SSSR count). The minimum atomic E-state index is -3.61. The van der Waals surface area contributed by atoms with E-state index in [1.165, 1.54) is 18.6 Å². The summed E-state index contributed by atoms with van der Waals surface area (Å²) in [7, 11) is -3.61. The highest BCUT2D eigenvalue weighted by atomic mass is 32.2. The van der Waals surface area contributed by atoms with E-state index in [1.54, 1.807) is 0 Å². The van der Waals surface area contributed by atoms with E-state index < -0.39 is 15.8 Å². The van der Waals surface area contributed by atoms with Crippen LogP contribution in [0.15, 0.2) is 23.1 Å². The van der Waals surface area contributed by atoms with Gasteiger partial charge in [-0.2, -0.15) is 0 Å². The fraction of sp³-hybridized carbons (Fsp3) is 0.600. The summed E-state index contributed by atoms with van der Waals surface area (Å²) >= 11 is 0. The molecule has 1 fully saturated rings. The lowest BCUT2D eigenvalue weighted by Crippen LogP contribution is -2.38. The van der Waals surface area contributed by atoms with Gasteiger partial charge in [0.25, 0.3) is 0 Å². The number of sulfonamides is 1. The monoisotopic (exact) mass is 314 g/mol. The lowest BCUT2D eigenvalue weighted by atomic mass is 9.85. The van der Waals surface area contributed by atoms with Crippen molar-refractivity contribution in [2.24, 2.45) is 11.7 Å². The molecule has 0 heterocycles. The van der Waals surface area contributed by atoms with Gasteiger partial charge in [0.15, 0.2) is 0 Å². The number of hydrogen-bond acceptors (Lipinski definition) is 3. The summed E-state index contributed by atoms with van der Waals surface area (Å²) in [4.78, 5) is 0.0861. The summed E-state index contributed by atoms with van der Waals surface area (Å²) < 4.78 is 41.0. The number of nitrogens with two attached hydrogens (primary N) is 1. The summed E-state index contributed by atoms with van der Waals surface area (Å²) in [6.45, 7) is 2.12. The van der Waals surface area contributed by atoms with Crippen molar-refractivity contribution in [3.63, 3.8) is 0 Å². The maximum absolute atomic E-state index is 13.4. The number of nitrogens with one attached hydrogen (secondary N) is 1. The molecule has 0 spiro atoms. The Morgan fingerprint density at radius 1 is 1.38 bits per heavy atom. The molecule has 0 saturated heterocycles. The zero-order valence-corrected chi connectivity index (χ0v) is 13.1. The van der Waals surface area contributed by atoms with Gasteiger partial charge < -0.3 is 5.73 Å². The van der Waals surface area contributed by atoms with Crippen molar-refractivity contribution in [1.82, 2.24) is 4.72 Å². The molecule has 1 aromatic carbocycles. The molecule has 0 bridgehead atoms. The smallest absolute Gasteiger partial charge is 0.240 e. The van der Waals surface area contributed by atoms with Crippen LogP contribution >= 0.6 is 0 Å². The molecular weight excluding hydrogens is 291 g/mol. The minimum Gasteiger partial charge on any atom is -0.326 e. The Morgan fingerprint density at radius 3 is 2.81 bits per heavy atom. The van der Waals surface area contributed by atoms with Crippen LogP contribution in [0.25, 0.3) is 0 Å². The third kappa shape index (κ3) is 4.02. The topological polar surface area (TPSA) is 72.2 Å². The molecule has 0 amide bonds. The molecule has 0 radical (unpaired) electrons. The van der Waals surface area contributed by atoms with Gasteiger partial charge in [-0.25, -0.2) is 17.5 Å². The summed E-state index contributed by atoms with van der Waals surface area (Å²) in [5.41, 5.74) is 5.64. The van der Waals surface area contributed by atoms with E-state index in [1.807, 2.05) is 0 Å². The summed E-state index contributed by atoms with van der Waals surface area (Å²) in [5.74, 6) is 0.111. The van der Waals surface area contributed by atoms with Crippen molar-refractivity contribution in [1.29, 1.82) is 0 Å². The Balaban J connectivity index is 2.14. The maximum atomic E-state index is 13.4. The van der Waals surface area contributed by atoms with E-state index >= 15 is 0 Å². The van der Waals surface area contributed by atoms with Crippen LogP contribution in [0.3, 0.4) is 0 Å². The molecule has 21 heavy (non-hydrogen) atoms. The largest absolute Gasteiger partial charge is 0.326 e. The van der Waals surface area contributed by atoms with Crippen molar-refractivity contribution in [2.75, 3.05) is 0 Å². The summed E-state index contributed by atoms with van der Waals surface area (Å²) in [6, 6.07) is 3.74. The van der Waals surface area contributed by atoms with Gasteiger partial charge in [-0.3, -0.25) is 0 Å². The summed E-state index contributed by atoms with van der Waals surface area (Å²) in [5, 5.41) is 0. The average Bonchev–Trinajstić information content (AvgIpc) is 2.47. The first-order valence-corrected chi connectivity index (χ1v) is 8.95. The van der Waals surface area contributed by atoms with Crippen LogP contribution in [0.2, 0.25) is 0 Å². The van der Waals surface area contributed by atoms with Crippen LogP contribution in [0.4, 0.5) is 4.39 Å². The predicted octanol–water partition coefficient (Wildman–Crippen LogP) is 2.53. The van der Waals surface area contributed by atoms with Crippen molar-refractivity contribution in [3.8, 4) is 0 Å².